The van der Waals surface area contributed by atoms with Crippen LogP contribution in [-0.2, 0) is 29.0 Å². The van der Waals surface area contributed by atoms with Gasteiger partial charge in [-0.1, -0.05) is 67.9 Å². The van der Waals surface area contributed by atoms with Gasteiger partial charge in [0.2, 0.25) is 11.8 Å². The second kappa shape index (κ2) is 11.4. The SMILES string of the molecule is CCNC(=O)C(CC)N(Cc1ccc(C)cc1)C(=O)CCc1ccc(CC)cc1. The number of hydrogen-bond acceptors (Lipinski definition) is 2. The molecule has 1 atom stereocenters. The van der Waals surface area contributed by atoms with Gasteiger partial charge < -0.3 is 10.2 Å². The van der Waals surface area contributed by atoms with Crippen LogP contribution in [0.15, 0.2) is 48.5 Å². The van der Waals surface area contributed by atoms with Crippen LogP contribution >= 0.6 is 0 Å². The Balaban J connectivity index is 2.15. The monoisotopic (exact) mass is 394 g/mol. The first-order valence-corrected chi connectivity index (χ1v) is 10.7. The Kier molecular flexibility index (Phi) is 8.91. The van der Waals surface area contributed by atoms with E-state index >= 15 is 0 Å². The third-order valence-electron chi connectivity index (χ3n) is 5.27. The molecule has 0 fully saturated rings. The number of nitrogens with zero attached hydrogens (tertiary/aromatic N) is 1. The van der Waals surface area contributed by atoms with Gasteiger partial charge in [0, 0.05) is 19.5 Å². The number of benzene rings is 2. The van der Waals surface area contributed by atoms with E-state index in [-0.39, 0.29) is 11.8 Å². The minimum atomic E-state index is -0.453. The lowest BCUT2D eigenvalue weighted by molar-refractivity contribution is -0.141. The lowest BCUT2D eigenvalue weighted by atomic mass is 10.0. The molecule has 156 valence electrons. The van der Waals surface area contributed by atoms with Crippen molar-refractivity contribution in [1.82, 2.24) is 10.2 Å². The lowest BCUT2D eigenvalue weighted by Crippen LogP contribution is -2.49. The van der Waals surface area contributed by atoms with Crippen molar-refractivity contribution in [2.45, 2.75) is 66.0 Å². The summed E-state index contributed by atoms with van der Waals surface area (Å²) in [6.07, 6.45) is 2.68. The van der Waals surface area contributed by atoms with Gasteiger partial charge in [0.25, 0.3) is 0 Å². The fourth-order valence-corrected chi connectivity index (χ4v) is 3.44. The van der Waals surface area contributed by atoms with E-state index < -0.39 is 6.04 Å². The van der Waals surface area contributed by atoms with E-state index in [1.54, 1.807) is 4.90 Å². The molecular weight excluding hydrogens is 360 g/mol. The molecule has 2 rings (SSSR count). The normalized spacial score (nSPS) is 11.7. The zero-order valence-corrected chi connectivity index (χ0v) is 18.2. The summed E-state index contributed by atoms with van der Waals surface area (Å²) in [7, 11) is 0. The first kappa shape index (κ1) is 22.7. The predicted octanol–water partition coefficient (Wildman–Crippen LogP) is 4.43. The van der Waals surface area contributed by atoms with E-state index in [4.69, 9.17) is 0 Å². The van der Waals surface area contributed by atoms with E-state index in [9.17, 15) is 9.59 Å². The summed E-state index contributed by atoms with van der Waals surface area (Å²) in [4.78, 5) is 27.5. The highest BCUT2D eigenvalue weighted by atomic mass is 16.2. The molecule has 4 heteroatoms. The quantitative estimate of drug-likeness (QED) is 0.648. The van der Waals surface area contributed by atoms with Crippen LogP contribution in [0.25, 0.3) is 0 Å². The summed E-state index contributed by atoms with van der Waals surface area (Å²) in [5.41, 5.74) is 4.66. The molecule has 0 bridgehead atoms. The molecule has 0 spiro atoms. The number of hydrogen-bond donors (Lipinski definition) is 1. The third-order valence-corrected chi connectivity index (χ3v) is 5.27. The highest BCUT2D eigenvalue weighted by Gasteiger charge is 2.28. The fourth-order valence-electron chi connectivity index (χ4n) is 3.44. The van der Waals surface area contributed by atoms with Crippen molar-refractivity contribution in [3.05, 3.63) is 70.8 Å². The van der Waals surface area contributed by atoms with Gasteiger partial charge >= 0.3 is 0 Å². The predicted molar refractivity (Wildman–Crippen MR) is 119 cm³/mol. The molecule has 2 amide bonds. The number of nitrogens with one attached hydrogen (secondary N) is 1. The minimum Gasteiger partial charge on any atom is -0.355 e. The first-order chi connectivity index (χ1) is 14.0. The Morgan fingerprint density at radius 3 is 2.03 bits per heavy atom. The Bertz CT molecular complexity index is 781. The summed E-state index contributed by atoms with van der Waals surface area (Å²) in [5.74, 6) is -0.0639. The Labute approximate surface area is 175 Å². The van der Waals surface area contributed by atoms with E-state index in [1.165, 1.54) is 11.1 Å². The van der Waals surface area contributed by atoms with E-state index in [0.29, 0.717) is 32.4 Å². The van der Waals surface area contributed by atoms with Gasteiger partial charge in [0.1, 0.15) is 6.04 Å². The maximum Gasteiger partial charge on any atom is 0.242 e. The van der Waals surface area contributed by atoms with Gasteiger partial charge in [0.05, 0.1) is 0 Å². The van der Waals surface area contributed by atoms with E-state index in [1.807, 2.05) is 45.0 Å². The van der Waals surface area contributed by atoms with Crippen LogP contribution in [0.4, 0.5) is 0 Å². The van der Waals surface area contributed by atoms with Gasteiger partial charge in [-0.2, -0.15) is 0 Å². The van der Waals surface area contributed by atoms with Crippen molar-refractivity contribution >= 4 is 11.8 Å². The minimum absolute atomic E-state index is 0.0169. The van der Waals surface area contributed by atoms with Gasteiger partial charge in [-0.3, -0.25) is 9.59 Å². The standard InChI is InChI=1S/C25H34N2O2/c1-5-20-12-14-21(15-13-20)16-17-24(28)27(23(6-2)25(29)26-7-3)18-22-10-8-19(4)9-11-22/h8-15,23H,5-7,16-18H2,1-4H3,(H,26,29). The number of aryl methyl sites for hydroxylation is 3. The summed E-state index contributed by atoms with van der Waals surface area (Å²) >= 11 is 0. The zero-order valence-electron chi connectivity index (χ0n) is 18.2. The number of amides is 2. The van der Waals surface area contributed by atoms with Crippen LogP contribution < -0.4 is 5.32 Å². The lowest BCUT2D eigenvalue weighted by Gasteiger charge is -2.30. The highest BCUT2D eigenvalue weighted by Crippen LogP contribution is 2.16. The van der Waals surface area contributed by atoms with Crippen molar-refractivity contribution in [3.8, 4) is 0 Å². The largest absolute Gasteiger partial charge is 0.355 e. The molecule has 0 saturated carbocycles. The van der Waals surface area contributed by atoms with Crippen molar-refractivity contribution in [2.75, 3.05) is 6.54 Å². The Morgan fingerprint density at radius 1 is 0.897 bits per heavy atom. The van der Waals surface area contributed by atoms with Crippen LogP contribution in [0.1, 0.15) is 55.9 Å². The van der Waals surface area contributed by atoms with Gasteiger partial charge in [-0.05, 0) is 49.8 Å². The van der Waals surface area contributed by atoms with Crippen LogP contribution in [0, 0.1) is 6.92 Å². The number of likely N-dealkylation sites (N-methyl/N-ethyl adjacent to an activating group) is 1. The third kappa shape index (κ3) is 6.74. The maximum atomic E-state index is 13.2. The molecule has 0 aliphatic heterocycles. The number of carbonyl (C=O) groups excluding carboxylic acids is 2. The molecule has 0 saturated heterocycles. The molecule has 0 aliphatic carbocycles. The second-order valence-electron chi connectivity index (χ2n) is 7.50. The molecule has 2 aromatic rings. The molecule has 29 heavy (non-hydrogen) atoms. The van der Waals surface area contributed by atoms with Crippen LogP contribution in [0.5, 0.6) is 0 Å². The van der Waals surface area contributed by atoms with Crippen molar-refractivity contribution in [3.63, 3.8) is 0 Å². The Morgan fingerprint density at radius 2 is 1.48 bits per heavy atom. The van der Waals surface area contributed by atoms with E-state index in [2.05, 4.69) is 36.5 Å². The van der Waals surface area contributed by atoms with Gasteiger partial charge in [0.15, 0.2) is 0 Å². The van der Waals surface area contributed by atoms with Crippen molar-refractivity contribution < 1.29 is 9.59 Å². The average Bonchev–Trinajstić information content (AvgIpc) is 2.73. The number of carbonyl (C=O) groups is 2. The molecule has 4 nitrogen and oxygen atoms in total. The molecule has 0 aromatic heterocycles. The smallest absolute Gasteiger partial charge is 0.242 e. The molecular formula is C25H34N2O2. The Hall–Kier alpha value is -2.62. The van der Waals surface area contributed by atoms with Gasteiger partial charge in [-0.25, -0.2) is 0 Å². The molecule has 1 N–H and O–H groups in total. The van der Waals surface area contributed by atoms with Crippen LogP contribution in [-0.4, -0.2) is 29.3 Å². The topological polar surface area (TPSA) is 49.4 Å². The summed E-state index contributed by atoms with van der Waals surface area (Å²) in [6, 6.07) is 16.1. The molecule has 0 aliphatic rings. The number of rotatable bonds is 10. The average molecular weight is 395 g/mol. The maximum absolute atomic E-state index is 13.2. The zero-order chi connectivity index (χ0) is 21.2. The fraction of sp³-hybridized carbons (Fsp3) is 0.440. The highest BCUT2D eigenvalue weighted by molar-refractivity contribution is 5.87. The van der Waals surface area contributed by atoms with Crippen molar-refractivity contribution in [2.24, 2.45) is 0 Å². The molecule has 2 aromatic carbocycles. The van der Waals surface area contributed by atoms with Crippen LogP contribution in [0.2, 0.25) is 0 Å². The molecule has 0 heterocycles. The van der Waals surface area contributed by atoms with Crippen LogP contribution in [0.3, 0.4) is 0 Å². The second-order valence-corrected chi connectivity index (χ2v) is 7.50. The van der Waals surface area contributed by atoms with Crippen molar-refractivity contribution in [1.29, 1.82) is 0 Å². The summed E-state index contributed by atoms with van der Waals surface area (Å²) in [5, 5.41) is 2.88. The summed E-state index contributed by atoms with van der Waals surface area (Å²) < 4.78 is 0. The van der Waals surface area contributed by atoms with Gasteiger partial charge in [-0.15, -0.1) is 0 Å². The first-order valence-electron chi connectivity index (χ1n) is 10.7. The molecule has 0 radical (unpaired) electrons. The molecule has 1 unspecified atom stereocenters. The van der Waals surface area contributed by atoms with E-state index in [0.717, 1.165) is 17.5 Å². The summed E-state index contributed by atoms with van der Waals surface area (Å²) in [6.45, 7) is 9.04.